The minimum atomic E-state index is -0.230. The Hall–Kier alpha value is -0.600. The van der Waals surface area contributed by atoms with Crippen LogP contribution in [0.1, 0.15) is 107 Å². The van der Waals surface area contributed by atoms with Gasteiger partial charge in [-0.15, -0.1) is 0 Å². The second kappa shape index (κ2) is 6.54. The molecule has 0 aromatic rings. The molecule has 2 N–H and O–H groups in total. The van der Waals surface area contributed by atoms with Crippen LogP contribution in [-0.4, -0.2) is 22.4 Å². The molecule has 3 fully saturated rings. The standard InChI is InChI=1S/C30H48O2/c1-25(2)17-20-19-9-10-22-28(6)13-12-23(31)26(3,4)21(28)11-14-30(22,8)29(19,7)16-15-27(20,5)24(32)18-25/h9-10,21-24,31-32H,11-18H2,1-8H3/t21-,22+,23?,24?,27+,28-,29+,30+/m0/s1. The number of hydrogen-bond acceptors (Lipinski definition) is 2. The summed E-state index contributed by atoms with van der Waals surface area (Å²) in [7, 11) is 0. The molecule has 0 aromatic carbocycles. The van der Waals surface area contributed by atoms with Gasteiger partial charge in [0.1, 0.15) is 0 Å². The van der Waals surface area contributed by atoms with Crippen molar-refractivity contribution in [2.24, 2.45) is 44.3 Å². The lowest BCUT2D eigenvalue weighted by molar-refractivity contribution is -0.183. The lowest BCUT2D eigenvalue weighted by Gasteiger charge is -2.69. The maximum Gasteiger partial charge on any atom is 0.0636 e. The smallest absolute Gasteiger partial charge is 0.0636 e. The fourth-order valence-corrected chi connectivity index (χ4v) is 10.00. The first kappa shape index (κ1) is 23.2. The van der Waals surface area contributed by atoms with E-state index in [1.807, 2.05) is 0 Å². The van der Waals surface area contributed by atoms with E-state index in [0.29, 0.717) is 11.8 Å². The molecule has 8 atom stereocenters. The van der Waals surface area contributed by atoms with E-state index in [0.717, 1.165) is 32.1 Å². The van der Waals surface area contributed by atoms with Crippen LogP contribution in [0.25, 0.3) is 0 Å². The molecule has 5 rings (SSSR count). The van der Waals surface area contributed by atoms with Gasteiger partial charge in [-0.25, -0.2) is 0 Å². The van der Waals surface area contributed by atoms with Gasteiger partial charge in [-0.3, -0.25) is 0 Å². The second-order valence-corrected chi connectivity index (χ2v) is 14.9. The summed E-state index contributed by atoms with van der Waals surface area (Å²) in [6, 6.07) is 0. The van der Waals surface area contributed by atoms with Crippen LogP contribution in [0.3, 0.4) is 0 Å². The van der Waals surface area contributed by atoms with E-state index in [-0.39, 0.29) is 44.7 Å². The maximum absolute atomic E-state index is 11.3. The third-order valence-electron chi connectivity index (χ3n) is 12.5. The van der Waals surface area contributed by atoms with Gasteiger partial charge in [-0.2, -0.15) is 0 Å². The Kier molecular flexibility index (Phi) is 4.73. The van der Waals surface area contributed by atoms with Crippen molar-refractivity contribution < 1.29 is 10.2 Å². The number of aliphatic hydroxyl groups excluding tert-OH is 2. The van der Waals surface area contributed by atoms with E-state index < -0.39 is 0 Å². The van der Waals surface area contributed by atoms with Crippen molar-refractivity contribution in [2.45, 2.75) is 119 Å². The highest BCUT2D eigenvalue weighted by Gasteiger charge is 2.66. The zero-order valence-corrected chi connectivity index (χ0v) is 22.0. The van der Waals surface area contributed by atoms with Gasteiger partial charge in [0.2, 0.25) is 0 Å². The van der Waals surface area contributed by atoms with E-state index in [2.05, 4.69) is 67.5 Å². The van der Waals surface area contributed by atoms with Crippen molar-refractivity contribution in [1.82, 2.24) is 0 Å². The normalized spacial score (nSPS) is 53.7. The van der Waals surface area contributed by atoms with E-state index in [1.54, 1.807) is 11.1 Å². The maximum atomic E-state index is 11.3. The van der Waals surface area contributed by atoms with Crippen LogP contribution in [0, 0.1) is 44.3 Å². The average Bonchev–Trinajstić information content (AvgIpc) is 2.67. The molecule has 0 aliphatic heterocycles. The van der Waals surface area contributed by atoms with Crippen molar-refractivity contribution >= 4 is 0 Å². The summed E-state index contributed by atoms with van der Waals surface area (Å²) >= 11 is 0. The van der Waals surface area contributed by atoms with Gasteiger partial charge in [0.15, 0.2) is 0 Å². The second-order valence-electron chi connectivity index (χ2n) is 14.9. The molecule has 0 amide bonds. The molecule has 0 saturated heterocycles. The number of hydrogen-bond donors (Lipinski definition) is 2. The highest BCUT2D eigenvalue weighted by molar-refractivity contribution is 5.46. The third kappa shape index (κ3) is 2.66. The molecule has 2 unspecified atom stereocenters. The Morgan fingerprint density at radius 3 is 2.19 bits per heavy atom. The van der Waals surface area contributed by atoms with Gasteiger partial charge in [0, 0.05) is 5.41 Å². The summed E-state index contributed by atoms with van der Waals surface area (Å²) in [6.07, 6.45) is 13.6. The molecule has 0 bridgehead atoms. The van der Waals surface area contributed by atoms with Gasteiger partial charge in [-0.05, 0) is 95.9 Å². The SMILES string of the molecule is CC1(C)CC2=C3C=C[C@@H]4[C@@]5(C)CCC(O)C(C)(C)[C@@H]5CC[C@@]4(C)[C@]3(C)CC[C@@]2(C)C(O)C1. The summed E-state index contributed by atoms with van der Waals surface area (Å²) in [5.41, 5.74) is 3.90. The first-order valence-corrected chi connectivity index (χ1v) is 13.4. The van der Waals surface area contributed by atoms with Gasteiger partial charge in [-0.1, -0.05) is 73.1 Å². The topological polar surface area (TPSA) is 40.5 Å². The number of aliphatic hydroxyl groups is 2. The van der Waals surface area contributed by atoms with Gasteiger partial charge in [0.05, 0.1) is 12.2 Å². The number of rotatable bonds is 0. The quantitative estimate of drug-likeness (QED) is 0.423. The molecule has 5 aliphatic carbocycles. The van der Waals surface area contributed by atoms with Crippen LogP contribution >= 0.6 is 0 Å². The fourth-order valence-electron chi connectivity index (χ4n) is 10.00. The number of fused-ring (bicyclic) bond motifs is 6. The van der Waals surface area contributed by atoms with Crippen molar-refractivity contribution in [3.05, 3.63) is 23.3 Å². The average molecular weight is 441 g/mol. The van der Waals surface area contributed by atoms with Crippen LogP contribution in [0.2, 0.25) is 0 Å². The summed E-state index contributed by atoms with van der Waals surface area (Å²) in [5.74, 6) is 1.13. The van der Waals surface area contributed by atoms with Crippen LogP contribution in [-0.2, 0) is 0 Å². The summed E-state index contributed by atoms with van der Waals surface area (Å²) in [4.78, 5) is 0. The van der Waals surface area contributed by atoms with Gasteiger partial charge in [0.25, 0.3) is 0 Å². The summed E-state index contributed by atoms with van der Waals surface area (Å²) in [5, 5.41) is 22.1. The minimum absolute atomic E-state index is 0.00947. The largest absolute Gasteiger partial charge is 0.393 e. The monoisotopic (exact) mass is 440 g/mol. The minimum Gasteiger partial charge on any atom is -0.393 e. The molecule has 0 aromatic heterocycles. The molecule has 0 spiro atoms. The Bertz CT molecular complexity index is 879. The van der Waals surface area contributed by atoms with Gasteiger partial charge >= 0.3 is 0 Å². The lowest BCUT2D eigenvalue weighted by atomic mass is 9.35. The first-order chi connectivity index (χ1) is 14.6. The van der Waals surface area contributed by atoms with E-state index in [4.69, 9.17) is 0 Å². The van der Waals surface area contributed by atoms with Crippen LogP contribution in [0.4, 0.5) is 0 Å². The lowest BCUT2D eigenvalue weighted by Crippen LogP contribution is -2.63. The predicted molar refractivity (Wildman–Crippen MR) is 132 cm³/mol. The molecule has 0 heterocycles. The van der Waals surface area contributed by atoms with E-state index in [1.165, 1.54) is 19.3 Å². The molecule has 180 valence electrons. The molecule has 32 heavy (non-hydrogen) atoms. The molecular formula is C30H48O2. The van der Waals surface area contributed by atoms with Crippen molar-refractivity contribution in [3.63, 3.8) is 0 Å². The third-order valence-corrected chi connectivity index (χ3v) is 12.5. The molecule has 2 heteroatoms. The Morgan fingerprint density at radius 2 is 1.50 bits per heavy atom. The van der Waals surface area contributed by atoms with Gasteiger partial charge < -0.3 is 10.2 Å². The summed E-state index contributed by atoms with van der Waals surface area (Å²) in [6.45, 7) is 19.4. The van der Waals surface area contributed by atoms with Crippen molar-refractivity contribution in [1.29, 1.82) is 0 Å². The van der Waals surface area contributed by atoms with E-state index in [9.17, 15) is 10.2 Å². The number of allylic oxidation sites excluding steroid dienone is 3. The van der Waals surface area contributed by atoms with Crippen molar-refractivity contribution in [2.75, 3.05) is 0 Å². The zero-order valence-electron chi connectivity index (χ0n) is 22.0. The van der Waals surface area contributed by atoms with Crippen molar-refractivity contribution in [3.8, 4) is 0 Å². The van der Waals surface area contributed by atoms with Crippen LogP contribution < -0.4 is 0 Å². The Balaban J connectivity index is 1.66. The molecule has 3 saturated carbocycles. The highest BCUT2D eigenvalue weighted by Crippen LogP contribution is 2.74. The molecular weight excluding hydrogens is 392 g/mol. The predicted octanol–water partition coefficient (Wildman–Crippen LogP) is 7.06. The Morgan fingerprint density at radius 1 is 0.812 bits per heavy atom. The molecule has 0 radical (unpaired) electrons. The first-order valence-electron chi connectivity index (χ1n) is 13.4. The fraction of sp³-hybridized carbons (Fsp3) is 0.867. The zero-order chi connectivity index (χ0) is 23.5. The summed E-state index contributed by atoms with van der Waals surface area (Å²) < 4.78 is 0. The van der Waals surface area contributed by atoms with E-state index >= 15 is 0 Å². The molecule has 2 nitrogen and oxygen atoms in total. The Labute approximate surface area is 197 Å². The van der Waals surface area contributed by atoms with Crippen LogP contribution in [0.5, 0.6) is 0 Å². The highest BCUT2D eigenvalue weighted by atomic mass is 16.3. The van der Waals surface area contributed by atoms with Crippen LogP contribution in [0.15, 0.2) is 23.3 Å². The molecule has 5 aliphatic rings.